The second-order valence-electron chi connectivity index (χ2n) is 6.88. The Balaban J connectivity index is 1.95. The molecule has 0 unspecified atom stereocenters. The monoisotopic (exact) mass is 449 g/mol. The van der Waals surface area contributed by atoms with Crippen molar-refractivity contribution in [1.29, 1.82) is 0 Å². The molecule has 8 nitrogen and oxygen atoms in total. The fraction of sp³-hybridized carbons (Fsp3) is 0.158. The fourth-order valence-electron chi connectivity index (χ4n) is 2.75. The van der Waals surface area contributed by atoms with E-state index in [1.54, 1.807) is 44.5 Å². The number of nitro benzene ring substituents is 1. The first-order chi connectivity index (χ1) is 14.1. The molecule has 1 heterocycles. The smallest absolute Gasteiger partial charge is 0.306 e. The molecule has 2 aromatic carbocycles. The number of aryl methyl sites for hydroxylation is 1. The van der Waals surface area contributed by atoms with Crippen LogP contribution in [-0.4, -0.2) is 28.2 Å². The van der Waals surface area contributed by atoms with Crippen LogP contribution >= 0.6 is 18.7 Å². The van der Waals surface area contributed by atoms with E-state index < -0.39 is 23.6 Å². The summed E-state index contributed by atoms with van der Waals surface area (Å²) in [6.45, 7) is 4.92. The quantitative estimate of drug-likeness (QED) is 0.301. The third kappa shape index (κ3) is 4.75. The van der Waals surface area contributed by atoms with E-state index in [1.807, 2.05) is 0 Å². The van der Waals surface area contributed by atoms with Gasteiger partial charge >= 0.3 is 5.69 Å². The number of aromatic nitrogens is 2. The fourth-order valence-corrected chi connectivity index (χ4v) is 4.04. The van der Waals surface area contributed by atoms with Gasteiger partial charge in [0.2, 0.25) is 11.8 Å². The first-order valence-corrected chi connectivity index (χ1v) is 11.7. The van der Waals surface area contributed by atoms with Crippen molar-refractivity contribution < 1.29 is 13.9 Å². The molecule has 1 aromatic heterocycles. The Bertz CT molecular complexity index is 1180. The number of halogens is 2. The summed E-state index contributed by atoms with van der Waals surface area (Å²) in [5.41, 5.74) is 0.648. The minimum atomic E-state index is -2.56. The van der Waals surface area contributed by atoms with Gasteiger partial charge in [0, 0.05) is 11.4 Å². The zero-order chi connectivity index (χ0) is 22.1. The summed E-state index contributed by atoms with van der Waals surface area (Å²) in [6, 6.07) is 9.24. The van der Waals surface area contributed by atoms with Crippen LogP contribution in [-0.2, 0) is 4.57 Å². The molecule has 0 aliphatic carbocycles. The molecule has 0 spiro atoms. The number of para-hydroxylation sites is 1. The van der Waals surface area contributed by atoms with Crippen molar-refractivity contribution in [2.24, 2.45) is 0 Å². The third-order valence-electron chi connectivity index (χ3n) is 4.22. The minimum absolute atomic E-state index is 0.0968. The zero-order valence-electron chi connectivity index (χ0n) is 16.3. The molecule has 0 amide bonds. The van der Waals surface area contributed by atoms with Gasteiger partial charge in [-0.1, -0.05) is 23.7 Å². The third-order valence-corrected chi connectivity index (χ3v) is 6.05. The van der Waals surface area contributed by atoms with Gasteiger partial charge in [0.1, 0.15) is 12.2 Å². The lowest BCUT2D eigenvalue weighted by molar-refractivity contribution is -0.387. The molecule has 0 bridgehead atoms. The van der Waals surface area contributed by atoms with E-state index in [2.05, 4.69) is 20.6 Å². The van der Waals surface area contributed by atoms with Crippen molar-refractivity contribution in [1.82, 2.24) is 9.97 Å². The van der Waals surface area contributed by atoms with Gasteiger partial charge in [-0.25, -0.2) is 4.98 Å². The molecule has 3 rings (SSSR count). The number of hydrogen-bond donors (Lipinski definition) is 2. The molecule has 0 saturated carbocycles. The lowest BCUT2D eigenvalue weighted by Crippen LogP contribution is -2.11. The summed E-state index contributed by atoms with van der Waals surface area (Å²) in [5.74, 6) is -0.577. The minimum Gasteiger partial charge on any atom is -0.338 e. The first kappa shape index (κ1) is 21.7. The van der Waals surface area contributed by atoms with Gasteiger partial charge in [-0.05, 0) is 44.0 Å². The lowest BCUT2D eigenvalue weighted by Gasteiger charge is -2.16. The van der Waals surface area contributed by atoms with E-state index in [0.717, 1.165) is 12.1 Å². The van der Waals surface area contributed by atoms with E-state index in [-0.39, 0.29) is 22.5 Å². The summed E-state index contributed by atoms with van der Waals surface area (Å²) in [6.07, 6.45) is 1.35. The predicted octanol–water partition coefficient (Wildman–Crippen LogP) is 5.22. The molecule has 11 heteroatoms. The summed E-state index contributed by atoms with van der Waals surface area (Å²) in [7, 11) is -2.56. The van der Waals surface area contributed by atoms with Crippen LogP contribution in [0.3, 0.4) is 0 Å². The van der Waals surface area contributed by atoms with Gasteiger partial charge in [0.25, 0.3) is 0 Å². The summed E-state index contributed by atoms with van der Waals surface area (Å²) < 4.78 is 26.3. The molecule has 0 atom stereocenters. The van der Waals surface area contributed by atoms with E-state index in [9.17, 15) is 19.1 Å². The van der Waals surface area contributed by atoms with Crippen LogP contribution in [0.15, 0.2) is 42.6 Å². The molecular formula is C19H18ClFN5O3P. The van der Waals surface area contributed by atoms with Crippen LogP contribution in [0.4, 0.5) is 33.2 Å². The maximum Gasteiger partial charge on any atom is 0.306 e. The molecule has 156 valence electrons. The Morgan fingerprint density at radius 2 is 1.87 bits per heavy atom. The maximum atomic E-state index is 13.8. The molecule has 0 aliphatic rings. The SMILES string of the molecule is Cc1cc(F)c([N+](=O)[O-])cc1Nc1ncc(Cl)c(Nc2ccccc2P(C)(C)=O)n1. The van der Waals surface area contributed by atoms with Gasteiger partial charge in [-0.3, -0.25) is 10.1 Å². The highest BCUT2D eigenvalue weighted by Gasteiger charge is 2.19. The first-order valence-electron chi connectivity index (χ1n) is 8.72. The van der Waals surface area contributed by atoms with Crippen LogP contribution in [0.5, 0.6) is 0 Å². The molecule has 3 aromatic rings. The zero-order valence-corrected chi connectivity index (χ0v) is 18.0. The van der Waals surface area contributed by atoms with E-state index in [1.165, 1.54) is 6.20 Å². The molecule has 2 N–H and O–H groups in total. The number of nitrogens with zero attached hydrogens (tertiary/aromatic N) is 3. The molecule has 0 fully saturated rings. The van der Waals surface area contributed by atoms with E-state index in [4.69, 9.17) is 11.6 Å². The molecule has 0 radical (unpaired) electrons. The normalized spacial score (nSPS) is 11.2. The Labute approximate surface area is 177 Å². The van der Waals surface area contributed by atoms with Gasteiger partial charge in [-0.15, -0.1) is 0 Å². The number of anilines is 4. The maximum absolute atomic E-state index is 13.8. The Hall–Kier alpha value is -3.03. The van der Waals surface area contributed by atoms with Crippen molar-refractivity contribution in [2.75, 3.05) is 24.0 Å². The second kappa shape index (κ2) is 8.38. The average molecular weight is 450 g/mol. The van der Waals surface area contributed by atoms with Crippen molar-refractivity contribution in [2.45, 2.75) is 6.92 Å². The van der Waals surface area contributed by atoms with E-state index in [0.29, 0.717) is 16.6 Å². The van der Waals surface area contributed by atoms with Crippen molar-refractivity contribution in [3.05, 3.63) is 69.1 Å². The highest BCUT2D eigenvalue weighted by Crippen LogP contribution is 2.38. The Morgan fingerprint density at radius 3 is 2.53 bits per heavy atom. The van der Waals surface area contributed by atoms with Crippen molar-refractivity contribution in [3.8, 4) is 0 Å². The molecular weight excluding hydrogens is 432 g/mol. The Morgan fingerprint density at radius 1 is 1.17 bits per heavy atom. The topological polar surface area (TPSA) is 110 Å². The van der Waals surface area contributed by atoms with E-state index >= 15 is 0 Å². The Kier molecular flexibility index (Phi) is 6.05. The standard InChI is InChI=1S/C19H18ClFN5O3P/c1-11-8-13(21)16(26(27)28)9-15(11)24-19-22-10-12(20)18(25-19)23-14-6-4-5-7-17(14)30(2,3)29/h4-10H,1-3H3,(H2,22,23,24,25). The summed E-state index contributed by atoms with van der Waals surface area (Å²) >= 11 is 6.21. The van der Waals surface area contributed by atoms with Gasteiger partial charge in [0.05, 0.1) is 22.5 Å². The lowest BCUT2D eigenvalue weighted by atomic mass is 10.1. The largest absolute Gasteiger partial charge is 0.338 e. The van der Waals surface area contributed by atoms with Crippen LogP contribution in [0.1, 0.15) is 5.56 Å². The van der Waals surface area contributed by atoms with Crippen molar-refractivity contribution >= 4 is 52.9 Å². The number of hydrogen-bond acceptors (Lipinski definition) is 7. The summed E-state index contributed by atoms with van der Waals surface area (Å²) in [5, 5.41) is 17.8. The second-order valence-corrected chi connectivity index (χ2v) is 10.5. The number of rotatable bonds is 6. The van der Waals surface area contributed by atoms with Crippen molar-refractivity contribution in [3.63, 3.8) is 0 Å². The molecule has 0 aliphatic heterocycles. The van der Waals surface area contributed by atoms with Crippen LogP contribution < -0.4 is 15.9 Å². The van der Waals surface area contributed by atoms with Crippen LogP contribution in [0, 0.1) is 22.9 Å². The highest BCUT2D eigenvalue weighted by atomic mass is 35.5. The predicted molar refractivity (Wildman–Crippen MR) is 117 cm³/mol. The summed E-state index contributed by atoms with van der Waals surface area (Å²) in [4.78, 5) is 18.6. The number of benzene rings is 2. The highest BCUT2D eigenvalue weighted by molar-refractivity contribution is 7.70. The van der Waals surface area contributed by atoms with Crippen LogP contribution in [0.2, 0.25) is 5.02 Å². The number of nitrogens with one attached hydrogen (secondary N) is 2. The molecule has 30 heavy (non-hydrogen) atoms. The van der Waals surface area contributed by atoms with Gasteiger partial charge in [0.15, 0.2) is 5.82 Å². The van der Waals surface area contributed by atoms with Crippen LogP contribution in [0.25, 0.3) is 0 Å². The average Bonchev–Trinajstić information content (AvgIpc) is 2.66. The van der Waals surface area contributed by atoms with Gasteiger partial charge < -0.3 is 15.2 Å². The molecule has 0 saturated heterocycles. The van der Waals surface area contributed by atoms with Gasteiger partial charge in [-0.2, -0.15) is 9.37 Å². The number of nitro groups is 1.